The number of carbonyl (C=O) groups excluding carboxylic acids is 1. The number of amides is 1. The van der Waals surface area contributed by atoms with Gasteiger partial charge < -0.3 is 0 Å². The highest BCUT2D eigenvalue weighted by Crippen LogP contribution is 2.18. The standard InChI is InChI=1S/C15H12ClN5O/c16-12-8-4-5-9-14(12)21-10-13(18-20-21)15(22)19-17-11-6-2-1-3-7-11/h1-10,17H,(H,19,22). The molecule has 22 heavy (non-hydrogen) atoms. The van der Waals surface area contributed by atoms with E-state index in [4.69, 9.17) is 11.6 Å². The molecule has 2 aromatic carbocycles. The molecule has 0 bridgehead atoms. The van der Waals surface area contributed by atoms with Crippen LogP contribution in [0.25, 0.3) is 5.69 Å². The Morgan fingerprint density at radius 1 is 1.05 bits per heavy atom. The minimum absolute atomic E-state index is 0.184. The van der Waals surface area contributed by atoms with Gasteiger partial charge in [0, 0.05) is 0 Å². The summed E-state index contributed by atoms with van der Waals surface area (Å²) in [5.41, 5.74) is 6.97. The second-order valence-electron chi connectivity index (χ2n) is 4.44. The minimum atomic E-state index is -0.387. The predicted molar refractivity (Wildman–Crippen MR) is 83.9 cm³/mol. The average Bonchev–Trinajstić information content (AvgIpc) is 3.04. The molecule has 6 nitrogen and oxygen atoms in total. The van der Waals surface area contributed by atoms with Gasteiger partial charge in [-0.3, -0.25) is 15.6 Å². The second-order valence-corrected chi connectivity index (χ2v) is 4.85. The molecule has 0 spiro atoms. The number of hydrogen-bond acceptors (Lipinski definition) is 4. The van der Waals surface area contributed by atoms with Crippen molar-refractivity contribution in [2.45, 2.75) is 0 Å². The Kier molecular flexibility index (Phi) is 4.02. The molecule has 1 heterocycles. The summed E-state index contributed by atoms with van der Waals surface area (Å²) < 4.78 is 1.46. The van der Waals surface area contributed by atoms with Crippen molar-refractivity contribution in [1.82, 2.24) is 20.4 Å². The molecule has 0 aliphatic rings. The highest BCUT2D eigenvalue weighted by atomic mass is 35.5. The summed E-state index contributed by atoms with van der Waals surface area (Å²) in [6.07, 6.45) is 1.52. The number of rotatable bonds is 4. The van der Waals surface area contributed by atoms with E-state index in [1.54, 1.807) is 12.1 Å². The van der Waals surface area contributed by atoms with Crippen LogP contribution in [0.2, 0.25) is 5.02 Å². The van der Waals surface area contributed by atoms with Crippen molar-refractivity contribution >= 4 is 23.2 Å². The zero-order valence-corrected chi connectivity index (χ0v) is 12.2. The van der Waals surface area contributed by atoms with Crippen molar-refractivity contribution in [3.63, 3.8) is 0 Å². The SMILES string of the molecule is O=C(NNc1ccccc1)c1cn(-c2ccccc2Cl)nn1. The highest BCUT2D eigenvalue weighted by molar-refractivity contribution is 6.32. The number of nitrogens with zero attached hydrogens (tertiary/aromatic N) is 3. The molecule has 0 radical (unpaired) electrons. The van der Waals surface area contributed by atoms with Crippen LogP contribution in [0.5, 0.6) is 0 Å². The molecule has 1 amide bonds. The zero-order chi connectivity index (χ0) is 15.4. The first kappa shape index (κ1) is 14.1. The third-order valence-corrected chi connectivity index (χ3v) is 3.24. The van der Waals surface area contributed by atoms with Gasteiger partial charge >= 0.3 is 0 Å². The third-order valence-electron chi connectivity index (χ3n) is 2.92. The van der Waals surface area contributed by atoms with Gasteiger partial charge in [-0.05, 0) is 24.3 Å². The predicted octanol–water partition coefficient (Wildman–Crippen LogP) is 2.68. The van der Waals surface area contributed by atoms with E-state index in [9.17, 15) is 4.79 Å². The maximum Gasteiger partial charge on any atom is 0.291 e. The fourth-order valence-electron chi connectivity index (χ4n) is 1.84. The Bertz CT molecular complexity index is 787. The second kappa shape index (κ2) is 6.28. The smallest absolute Gasteiger partial charge is 0.291 e. The van der Waals surface area contributed by atoms with Crippen LogP contribution >= 0.6 is 11.6 Å². The van der Waals surface area contributed by atoms with Gasteiger partial charge in [-0.1, -0.05) is 47.1 Å². The Labute approximate surface area is 131 Å². The molecule has 0 fully saturated rings. The van der Waals surface area contributed by atoms with E-state index in [0.29, 0.717) is 10.7 Å². The summed E-state index contributed by atoms with van der Waals surface area (Å²) in [4.78, 5) is 12.0. The van der Waals surface area contributed by atoms with Crippen molar-refractivity contribution in [1.29, 1.82) is 0 Å². The van der Waals surface area contributed by atoms with Crippen LogP contribution in [0.1, 0.15) is 10.5 Å². The number of para-hydroxylation sites is 2. The van der Waals surface area contributed by atoms with Crippen molar-refractivity contribution < 1.29 is 4.79 Å². The Morgan fingerprint density at radius 3 is 2.55 bits per heavy atom. The number of carbonyl (C=O) groups is 1. The molecular weight excluding hydrogens is 302 g/mol. The van der Waals surface area contributed by atoms with Gasteiger partial charge in [0.2, 0.25) is 0 Å². The maximum atomic E-state index is 12.0. The minimum Gasteiger partial charge on any atom is -0.298 e. The lowest BCUT2D eigenvalue weighted by molar-refractivity contribution is 0.0957. The van der Waals surface area contributed by atoms with Gasteiger partial charge in [0.1, 0.15) is 0 Å². The molecule has 0 aliphatic heterocycles. The summed E-state index contributed by atoms with van der Waals surface area (Å²) in [6.45, 7) is 0. The molecule has 2 N–H and O–H groups in total. The maximum absolute atomic E-state index is 12.0. The summed E-state index contributed by atoms with van der Waals surface area (Å²) in [6, 6.07) is 16.5. The molecule has 0 saturated heterocycles. The number of hydrazine groups is 1. The van der Waals surface area contributed by atoms with Crippen LogP contribution in [0.15, 0.2) is 60.8 Å². The van der Waals surface area contributed by atoms with Crippen molar-refractivity contribution in [3.05, 3.63) is 71.5 Å². The summed E-state index contributed by atoms with van der Waals surface area (Å²) >= 11 is 6.09. The molecule has 0 atom stereocenters. The van der Waals surface area contributed by atoms with Gasteiger partial charge in [-0.15, -0.1) is 5.10 Å². The number of nitrogens with one attached hydrogen (secondary N) is 2. The molecule has 7 heteroatoms. The Hall–Kier alpha value is -2.86. The van der Waals surface area contributed by atoms with Gasteiger partial charge in [0.05, 0.1) is 22.6 Å². The van der Waals surface area contributed by atoms with Crippen LogP contribution in [-0.2, 0) is 0 Å². The third kappa shape index (κ3) is 3.07. The Balaban J connectivity index is 1.71. The van der Waals surface area contributed by atoms with Gasteiger partial charge in [-0.2, -0.15) is 0 Å². The number of hydrogen-bond donors (Lipinski definition) is 2. The number of halogens is 1. The molecular formula is C15H12ClN5O. The monoisotopic (exact) mass is 313 g/mol. The van der Waals surface area contributed by atoms with Gasteiger partial charge in [-0.25, -0.2) is 4.68 Å². The first-order valence-electron chi connectivity index (χ1n) is 6.53. The van der Waals surface area contributed by atoms with E-state index >= 15 is 0 Å². The lowest BCUT2D eigenvalue weighted by atomic mass is 10.3. The van der Waals surface area contributed by atoms with E-state index in [-0.39, 0.29) is 11.6 Å². The molecule has 110 valence electrons. The zero-order valence-electron chi connectivity index (χ0n) is 11.4. The van der Waals surface area contributed by atoms with Crippen LogP contribution < -0.4 is 10.9 Å². The topological polar surface area (TPSA) is 71.8 Å². The van der Waals surface area contributed by atoms with Crippen LogP contribution in [0.3, 0.4) is 0 Å². The fourth-order valence-corrected chi connectivity index (χ4v) is 2.06. The fraction of sp³-hybridized carbons (Fsp3) is 0. The Morgan fingerprint density at radius 2 is 1.77 bits per heavy atom. The lowest BCUT2D eigenvalue weighted by Crippen LogP contribution is -2.29. The van der Waals surface area contributed by atoms with E-state index in [2.05, 4.69) is 21.2 Å². The average molecular weight is 314 g/mol. The number of benzene rings is 2. The molecule has 3 rings (SSSR count). The van der Waals surface area contributed by atoms with E-state index < -0.39 is 0 Å². The van der Waals surface area contributed by atoms with E-state index in [1.165, 1.54) is 10.9 Å². The summed E-state index contributed by atoms with van der Waals surface area (Å²) in [5.74, 6) is -0.387. The van der Waals surface area contributed by atoms with Gasteiger partial charge in [0.25, 0.3) is 5.91 Å². The number of anilines is 1. The van der Waals surface area contributed by atoms with Crippen molar-refractivity contribution in [3.8, 4) is 5.69 Å². The van der Waals surface area contributed by atoms with Crippen molar-refractivity contribution in [2.24, 2.45) is 0 Å². The molecule has 3 aromatic rings. The molecule has 0 aliphatic carbocycles. The first-order chi connectivity index (χ1) is 10.7. The summed E-state index contributed by atoms with van der Waals surface area (Å²) in [7, 11) is 0. The largest absolute Gasteiger partial charge is 0.298 e. The quantitative estimate of drug-likeness (QED) is 0.726. The normalized spacial score (nSPS) is 10.2. The molecule has 1 aromatic heterocycles. The highest BCUT2D eigenvalue weighted by Gasteiger charge is 2.12. The number of aromatic nitrogens is 3. The lowest BCUT2D eigenvalue weighted by Gasteiger charge is -2.06. The van der Waals surface area contributed by atoms with Crippen LogP contribution in [0.4, 0.5) is 5.69 Å². The van der Waals surface area contributed by atoms with Gasteiger partial charge in [0.15, 0.2) is 5.69 Å². The molecule has 0 saturated carbocycles. The van der Waals surface area contributed by atoms with Crippen LogP contribution in [-0.4, -0.2) is 20.9 Å². The van der Waals surface area contributed by atoms with Crippen molar-refractivity contribution in [2.75, 3.05) is 5.43 Å². The van der Waals surface area contributed by atoms with E-state index in [1.807, 2.05) is 42.5 Å². The van der Waals surface area contributed by atoms with Crippen LogP contribution in [0, 0.1) is 0 Å². The van der Waals surface area contributed by atoms with E-state index in [0.717, 1.165) is 5.69 Å². The molecule has 0 unspecified atom stereocenters. The first-order valence-corrected chi connectivity index (χ1v) is 6.90. The summed E-state index contributed by atoms with van der Waals surface area (Å²) in [5, 5.41) is 8.29.